The molecule has 0 aromatic heterocycles. The maximum atomic E-state index is 11.3. The van der Waals surface area contributed by atoms with Gasteiger partial charge in [-0.25, -0.2) is 0 Å². The first-order chi connectivity index (χ1) is 17.9. The van der Waals surface area contributed by atoms with Gasteiger partial charge < -0.3 is 24.1 Å². The Morgan fingerprint density at radius 2 is 1.73 bits per heavy atom. The van der Waals surface area contributed by atoms with E-state index in [-0.39, 0.29) is 6.42 Å². The van der Waals surface area contributed by atoms with Gasteiger partial charge in [-0.3, -0.25) is 4.79 Å². The van der Waals surface area contributed by atoms with E-state index < -0.39 is 11.4 Å². The maximum absolute atomic E-state index is 11.3. The van der Waals surface area contributed by atoms with Crippen LogP contribution >= 0.6 is 0 Å². The van der Waals surface area contributed by atoms with Crippen LogP contribution in [0.25, 0.3) is 11.1 Å². The number of aliphatic carboxylic acids is 1. The zero-order valence-electron chi connectivity index (χ0n) is 21.5. The van der Waals surface area contributed by atoms with Gasteiger partial charge in [-0.1, -0.05) is 30.3 Å². The molecule has 2 saturated heterocycles. The third kappa shape index (κ3) is 5.81. The van der Waals surface area contributed by atoms with Crippen molar-refractivity contribution in [3.05, 3.63) is 82.9 Å². The SMILES string of the molecule is Cc1cc(OC[C@@H]2CCOC2)cc(C)c1-c1cccc(COc2ccc(C3(CC(=O)O)COC3)cc2)c1. The molecular formula is C31H34O6. The van der Waals surface area contributed by atoms with Crippen molar-refractivity contribution in [3.8, 4) is 22.6 Å². The normalized spacial score (nSPS) is 18.3. The van der Waals surface area contributed by atoms with Crippen LogP contribution in [-0.4, -0.2) is 44.1 Å². The highest BCUT2D eigenvalue weighted by molar-refractivity contribution is 5.72. The largest absolute Gasteiger partial charge is 0.493 e. The third-order valence-electron chi connectivity index (χ3n) is 7.35. The number of hydrogen-bond donors (Lipinski definition) is 1. The Bertz CT molecular complexity index is 1220. The van der Waals surface area contributed by atoms with Crippen molar-refractivity contribution < 1.29 is 28.8 Å². The molecule has 2 aliphatic rings. The lowest BCUT2D eigenvalue weighted by Crippen LogP contribution is -2.48. The molecule has 2 heterocycles. The zero-order chi connectivity index (χ0) is 25.8. The summed E-state index contributed by atoms with van der Waals surface area (Å²) in [4.78, 5) is 11.3. The van der Waals surface area contributed by atoms with E-state index in [4.69, 9.17) is 18.9 Å². The summed E-state index contributed by atoms with van der Waals surface area (Å²) in [6, 6.07) is 20.4. The van der Waals surface area contributed by atoms with Gasteiger partial charge in [-0.05, 0) is 84.0 Å². The maximum Gasteiger partial charge on any atom is 0.304 e. The molecule has 37 heavy (non-hydrogen) atoms. The number of carboxylic acids is 1. The summed E-state index contributed by atoms with van der Waals surface area (Å²) in [5.41, 5.74) is 6.36. The van der Waals surface area contributed by atoms with Gasteiger partial charge in [0.25, 0.3) is 0 Å². The number of aryl methyl sites for hydroxylation is 2. The zero-order valence-corrected chi connectivity index (χ0v) is 21.5. The van der Waals surface area contributed by atoms with Crippen molar-refractivity contribution in [2.75, 3.05) is 33.0 Å². The highest BCUT2D eigenvalue weighted by Gasteiger charge is 2.42. The van der Waals surface area contributed by atoms with Crippen LogP contribution < -0.4 is 9.47 Å². The Labute approximate surface area is 218 Å². The number of ether oxygens (including phenoxy) is 4. The van der Waals surface area contributed by atoms with E-state index in [1.807, 2.05) is 24.3 Å². The molecule has 6 nitrogen and oxygen atoms in total. The van der Waals surface area contributed by atoms with Crippen LogP contribution in [0.1, 0.15) is 35.1 Å². The molecule has 1 atom stereocenters. The van der Waals surface area contributed by atoms with Crippen LogP contribution in [0.15, 0.2) is 60.7 Å². The molecule has 2 fully saturated rings. The summed E-state index contributed by atoms with van der Waals surface area (Å²) < 4.78 is 22.9. The molecular weight excluding hydrogens is 468 g/mol. The second-order valence-electron chi connectivity index (χ2n) is 10.3. The summed E-state index contributed by atoms with van der Waals surface area (Å²) in [5.74, 6) is 1.33. The standard InChI is InChI=1S/C31H34O6/c1-21-12-28(37-18-24-10-11-34-16-24)13-22(2)30(21)25-5-3-4-23(14-25)17-36-27-8-6-26(7-9-27)31(15-29(32)33)19-35-20-31/h3-9,12-14,24H,10-11,15-20H2,1-2H3,(H,32,33)/t24-/m1/s1. The first-order valence-electron chi connectivity index (χ1n) is 12.9. The Balaban J connectivity index is 1.24. The van der Waals surface area contributed by atoms with Gasteiger partial charge in [0, 0.05) is 12.5 Å². The highest BCUT2D eigenvalue weighted by Crippen LogP contribution is 2.37. The average Bonchev–Trinajstić information content (AvgIpc) is 3.38. The van der Waals surface area contributed by atoms with Crippen LogP contribution in [0.4, 0.5) is 0 Å². The van der Waals surface area contributed by atoms with Crippen molar-refractivity contribution in [2.45, 2.75) is 38.7 Å². The van der Waals surface area contributed by atoms with Crippen LogP contribution in [0.2, 0.25) is 0 Å². The van der Waals surface area contributed by atoms with Gasteiger partial charge in [0.15, 0.2) is 0 Å². The molecule has 2 aliphatic heterocycles. The third-order valence-corrected chi connectivity index (χ3v) is 7.35. The Kier molecular flexibility index (Phi) is 7.49. The predicted molar refractivity (Wildman–Crippen MR) is 141 cm³/mol. The van der Waals surface area contributed by atoms with Crippen LogP contribution in [0.5, 0.6) is 11.5 Å². The van der Waals surface area contributed by atoms with Crippen molar-refractivity contribution in [2.24, 2.45) is 5.92 Å². The second kappa shape index (κ2) is 11.0. The summed E-state index contributed by atoms with van der Waals surface area (Å²) in [6.45, 7) is 7.89. The molecule has 0 aliphatic carbocycles. The Hall–Kier alpha value is -3.35. The minimum atomic E-state index is -0.810. The molecule has 0 radical (unpaired) electrons. The summed E-state index contributed by atoms with van der Waals surface area (Å²) >= 11 is 0. The van der Waals surface area contributed by atoms with Crippen LogP contribution in [0.3, 0.4) is 0 Å². The molecule has 0 spiro atoms. The number of rotatable bonds is 10. The van der Waals surface area contributed by atoms with Crippen molar-refractivity contribution in [1.29, 1.82) is 0 Å². The summed E-state index contributed by atoms with van der Waals surface area (Å²) in [5, 5.41) is 9.27. The predicted octanol–water partition coefficient (Wildman–Crippen LogP) is 5.71. The van der Waals surface area contributed by atoms with Crippen molar-refractivity contribution in [3.63, 3.8) is 0 Å². The Morgan fingerprint density at radius 3 is 2.35 bits per heavy atom. The quantitative estimate of drug-likeness (QED) is 0.383. The van der Waals surface area contributed by atoms with Gasteiger partial charge >= 0.3 is 5.97 Å². The molecule has 1 N–H and O–H groups in total. The molecule has 6 heteroatoms. The van der Waals surface area contributed by atoms with E-state index in [0.29, 0.717) is 32.3 Å². The first-order valence-corrected chi connectivity index (χ1v) is 12.9. The molecule has 0 bridgehead atoms. The van der Waals surface area contributed by atoms with E-state index in [0.717, 1.165) is 47.8 Å². The summed E-state index contributed by atoms with van der Waals surface area (Å²) in [6.07, 6.45) is 1.14. The first kappa shape index (κ1) is 25.3. The number of hydrogen-bond acceptors (Lipinski definition) is 5. The fourth-order valence-corrected chi connectivity index (χ4v) is 5.29. The monoisotopic (exact) mass is 502 g/mol. The molecule has 3 aromatic rings. The highest BCUT2D eigenvalue weighted by atomic mass is 16.5. The number of benzene rings is 3. The average molecular weight is 503 g/mol. The molecule has 0 saturated carbocycles. The van der Waals surface area contributed by atoms with E-state index >= 15 is 0 Å². The van der Waals surface area contributed by atoms with Crippen molar-refractivity contribution in [1.82, 2.24) is 0 Å². The van der Waals surface area contributed by atoms with Crippen LogP contribution in [0, 0.1) is 19.8 Å². The smallest absolute Gasteiger partial charge is 0.304 e. The molecule has 0 amide bonds. The van der Waals surface area contributed by atoms with E-state index in [1.54, 1.807) is 0 Å². The van der Waals surface area contributed by atoms with E-state index in [2.05, 4.69) is 50.2 Å². The topological polar surface area (TPSA) is 74.2 Å². The fourth-order valence-electron chi connectivity index (χ4n) is 5.29. The lowest BCUT2D eigenvalue weighted by atomic mass is 9.76. The van der Waals surface area contributed by atoms with E-state index in [9.17, 15) is 9.90 Å². The molecule has 194 valence electrons. The molecule has 5 rings (SSSR count). The summed E-state index contributed by atoms with van der Waals surface area (Å²) in [7, 11) is 0. The van der Waals surface area contributed by atoms with Gasteiger partial charge in [-0.2, -0.15) is 0 Å². The fraction of sp³-hybridized carbons (Fsp3) is 0.387. The Morgan fingerprint density at radius 1 is 0.973 bits per heavy atom. The van der Waals surface area contributed by atoms with Crippen molar-refractivity contribution >= 4 is 5.97 Å². The lowest BCUT2D eigenvalue weighted by Gasteiger charge is -2.40. The molecule has 0 unspecified atom stereocenters. The molecule has 3 aromatic carbocycles. The second-order valence-corrected chi connectivity index (χ2v) is 10.3. The van der Waals surface area contributed by atoms with Gasteiger partial charge in [0.2, 0.25) is 0 Å². The van der Waals surface area contributed by atoms with E-state index in [1.165, 1.54) is 16.7 Å². The lowest BCUT2D eigenvalue weighted by molar-refractivity contribution is -0.145. The minimum absolute atomic E-state index is 0.0708. The van der Waals surface area contributed by atoms with Gasteiger partial charge in [-0.15, -0.1) is 0 Å². The van der Waals surface area contributed by atoms with Crippen LogP contribution in [-0.2, 0) is 26.3 Å². The number of carbonyl (C=O) groups is 1. The van der Waals surface area contributed by atoms with Gasteiger partial charge in [0.1, 0.15) is 18.1 Å². The number of carboxylic acid groups (broad SMARTS) is 1. The minimum Gasteiger partial charge on any atom is -0.493 e. The van der Waals surface area contributed by atoms with Gasteiger partial charge in [0.05, 0.1) is 38.3 Å².